The molecule has 0 fully saturated rings. The van der Waals surface area contributed by atoms with Crippen molar-refractivity contribution in [1.82, 2.24) is 29.9 Å². The first-order chi connectivity index (χ1) is 12.9. The Morgan fingerprint density at radius 1 is 0.462 bits per heavy atom. The Bertz CT molecular complexity index is 1140. The molecule has 0 spiro atoms. The molecule has 0 aliphatic carbocycles. The van der Waals surface area contributed by atoms with Crippen LogP contribution in [-0.2, 0) is 0 Å². The average molecular weight is 336 g/mol. The molecule has 122 valence electrons. The summed E-state index contributed by atoms with van der Waals surface area (Å²) in [5.74, 6) is 0. The maximum absolute atomic E-state index is 4.55. The van der Waals surface area contributed by atoms with E-state index >= 15 is 0 Å². The lowest BCUT2D eigenvalue weighted by molar-refractivity contribution is 1.16. The first-order valence-electron chi connectivity index (χ1n) is 8.13. The molecule has 6 heteroatoms. The van der Waals surface area contributed by atoms with Gasteiger partial charge in [0.2, 0.25) is 0 Å². The van der Waals surface area contributed by atoms with Gasteiger partial charge in [0.1, 0.15) is 11.4 Å². The van der Waals surface area contributed by atoms with Gasteiger partial charge < -0.3 is 0 Å². The molecule has 0 unspecified atom stereocenters. The molecule has 0 atom stereocenters. The zero-order chi connectivity index (χ0) is 17.3. The molecule has 0 aliphatic rings. The van der Waals surface area contributed by atoms with Gasteiger partial charge in [-0.1, -0.05) is 0 Å². The standard InChI is InChI=1S/C20H12N6/c1-3-13-5-7-15(25-19(13)21-9-1)17-11-24-18(12-23-17)16-8-6-14-4-2-10-22-20(14)26-16/h1-12H. The smallest absolute Gasteiger partial charge is 0.159 e. The Labute approximate surface area is 148 Å². The average Bonchev–Trinajstić information content (AvgIpc) is 2.73. The molecule has 26 heavy (non-hydrogen) atoms. The lowest BCUT2D eigenvalue weighted by Gasteiger charge is -2.04. The summed E-state index contributed by atoms with van der Waals surface area (Å²) in [6.45, 7) is 0. The fourth-order valence-electron chi connectivity index (χ4n) is 2.78. The summed E-state index contributed by atoms with van der Waals surface area (Å²) in [5, 5.41) is 1.99. The summed E-state index contributed by atoms with van der Waals surface area (Å²) in [6, 6.07) is 15.6. The van der Waals surface area contributed by atoms with E-state index in [0.29, 0.717) is 22.7 Å². The molecule has 5 rings (SSSR count). The van der Waals surface area contributed by atoms with Crippen LogP contribution >= 0.6 is 0 Å². The minimum atomic E-state index is 0.693. The number of nitrogens with zero attached hydrogens (tertiary/aromatic N) is 6. The van der Waals surface area contributed by atoms with E-state index in [1.54, 1.807) is 24.8 Å². The number of rotatable bonds is 2. The van der Waals surface area contributed by atoms with E-state index in [9.17, 15) is 0 Å². The summed E-state index contributed by atoms with van der Waals surface area (Å²) in [4.78, 5) is 26.7. The van der Waals surface area contributed by atoms with Crippen molar-refractivity contribution in [2.24, 2.45) is 0 Å². The van der Waals surface area contributed by atoms with Crippen LogP contribution in [-0.4, -0.2) is 29.9 Å². The van der Waals surface area contributed by atoms with E-state index in [-0.39, 0.29) is 0 Å². The topological polar surface area (TPSA) is 77.3 Å². The largest absolute Gasteiger partial charge is 0.251 e. The minimum Gasteiger partial charge on any atom is -0.251 e. The van der Waals surface area contributed by atoms with Crippen molar-refractivity contribution in [2.75, 3.05) is 0 Å². The van der Waals surface area contributed by atoms with Crippen LogP contribution in [0.5, 0.6) is 0 Å². The van der Waals surface area contributed by atoms with Crippen LogP contribution in [0.15, 0.2) is 73.3 Å². The zero-order valence-corrected chi connectivity index (χ0v) is 13.6. The summed E-state index contributed by atoms with van der Waals surface area (Å²) >= 11 is 0. The van der Waals surface area contributed by atoms with Crippen LogP contribution < -0.4 is 0 Å². The third-order valence-electron chi connectivity index (χ3n) is 4.10. The van der Waals surface area contributed by atoms with Crippen molar-refractivity contribution < 1.29 is 0 Å². The number of hydrogen-bond donors (Lipinski definition) is 0. The zero-order valence-electron chi connectivity index (χ0n) is 13.6. The second kappa shape index (κ2) is 5.93. The monoisotopic (exact) mass is 336 g/mol. The normalized spacial score (nSPS) is 11.1. The first kappa shape index (κ1) is 14.5. The van der Waals surface area contributed by atoms with Gasteiger partial charge in [0.05, 0.1) is 23.8 Å². The summed E-state index contributed by atoms with van der Waals surface area (Å²) in [6.07, 6.45) is 6.87. The molecule has 5 heterocycles. The van der Waals surface area contributed by atoms with E-state index in [2.05, 4.69) is 29.9 Å². The number of fused-ring (bicyclic) bond motifs is 2. The molecule has 0 bridgehead atoms. The number of aromatic nitrogens is 6. The summed E-state index contributed by atoms with van der Waals surface area (Å²) < 4.78 is 0. The van der Waals surface area contributed by atoms with Crippen LogP contribution in [0.1, 0.15) is 0 Å². The van der Waals surface area contributed by atoms with Crippen molar-refractivity contribution >= 4 is 22.1 Å². The third-order valence-corrected chi connectivity index (χ3v) is 4.10. The third kappa shape index (κ3) is 2.53. The second-order valence-electron chi connectivity index (χ2n) is 5.78. The Balaban J connectivity index is 1.52. The summed E-state index contributed by atoms with van der Waals surface area (Å²) in [7, 11) is 0. The fourth-order valence-corrected chi connectivity index (χ4v) is 2.78. The predicted molar refractivity (Wildman–Crippen MR) is 99.1 cm³/mol. The van der Waals surface area contributed by atoms with Crippen molar-refractivity contribution in [1.29, 1.82) is 0 Å². The molecule has 0 saturated carbocycles. The molecule has 0 radical (unpaired) electrons. The van der Waals surface area contributed by atoms with Crippen LogP contribution in [0, 0.1) is 0 Å². The molecular weight excluding hydrogens is 324 g/mol. The highest BCUT2D eigenvalue weighted by atomic mass is 14.9. The maximum atomic E-state index is 4.55. The highest BCUT2D eigenvalue weighted by Gasteiger charge is 2.07. The highest BCUT2D eigenvalue weighted by Crippen LogP contribution is 2.21. The molecular formula is C20H12N6. The number of hydrogen-bond acceptors (Lipinski definition) is 6. The van der Waals surface area contributed by atoms with Crippen molar-refractivity contribution in [3.63, 3.8) is 0 Å². The molecule has 0 saturated heterocycles. The first-order valence-corrected chi connectivity index (χ1v) is 8.13. The molecule has 5 aromatic rings. The molecule has 0 aromatic carbocycles. The van der Waals surface area contributed by atoms with Crippen molar-refractivity contribution in [2.45, 2.75) is 0 Å². The summed E-state index contributed by atoms with van der Waals surface area (Å²) in [5.41, 5.74) is 4.25. The van der Waals surface area contributed by atoms with Crippen molar-refractivity contribution in [3.8, 4) is 22.8 Å². The van der Waals surface area contributed by atoms with Gasteiger partial charge in [-0.3, -0.25) is 9.97 Å². The minimum absolute atomic E-state index is 0.693. The maximum Gasteiger partial charge on any atom is 0.159 e. The van der Waals surface area contributed by atoms with Crippen LogP contribution in [0.25, 0.3) is 44.8 Å². The Morgan fingerprint density at radius 2 is 0.962 bits per heavy atom. The molecule has 0 aliphatic heterocycles. The van der Waals surface area contributed by atoms with E-state index < -0.39 is 0 Å². The van der Waals surface area contributed by atoms with Gasteiger partial charge in [0.15, 0.2) is 11.3 Å². The van der Waals surface area contributed by atoms with Gasteiger partial charge in [-0.15, -0.1) is 0 Å². The molecule has 0 amide bonds. The van der Waals surface area contributed by atoms with Gasteiger partial charge in [-0.25, -0.2) is 19.9 Å². The van der Waals surface area contributed by atoms with Gasteiger partial charge >= 0.3 is 0 Å². The van der Waals surface area contributed by atoms with E-state index in [4.69, 9.17) is 0 Å². The Kier molecular flexibility index (Phi) is 3.31. The van der Waals surface area contributed by atoms with Gasteiger partial charge in [-0.2, -0.15) is 0 Å². The quantitative estimate of drug-likeness (QED) is 0.489. The van der Waals surface area contributed by atoms with Gasteiger partial charge in [-0.05, 0) is 48.5 Å². The predicted octanol–water partition coefficient (Wildman–Crippen LogP) is 3.70. The lowest BCUT2D eigenvalue weighted by atomic mass is 10.2. The molecule has 5 aromatic heterocycles. The highest BCUT2D eigenvalue weighted by molar-refractivity contribution is 5.78. The van der Waals surface area contributed by atoms with Gasteiger partial charge in [0.25, 0.3) is 0 Å². The number of pyridine rings is 4. The van der Waals surface area contributed by atoms with Crippen LogP contribution in [0.3, 0.4) is 0 Å². The molecule has 0 N–H and O–H groups in total. The lowest BCUT2D eigenvalue weighted by Crippen LogP contribution is -1.94. The van der Waals surface area contributed by atoms with E-state index in [1.165, 1.54) is 0 Å². The van der Waals surface area contributed by atoms with Crippen molar-refractivity contribution in [3.05, 3.63) is 73.3 Å². The van der Waals surface area contributed by atoms with Gasteiger partial charge in [0, 0.05) is 23.2 Å². The second-order valence-corrected chi connectivity index (χ2v) is 5.78. The fraction of sp³-hybridized carbons (Fsp3) is 0. The SMILES string of the molecule is c1cnc2nc(-c3cnc(-c4ccc5cccnc5n4)cn3)ccc2c1. The Morgan fingerprint density at radius 3 is 1.42 bits per heavy atom. The van der Waals surface area contributed by atoms with E-state index in [1.807, 2.05) is 48.5 Å². The van der Waals surface area contributed by atoms with Crippen LogP contribution in [0.4, 0.5) is 0 Å². The molecule has 6 nitrogen and oxygen atoms in total. The van der Waals surface area contributed by atoms with Crippen LogP contribution in [0.2, 0.25) is 0 Å². The Hall–Kier alpha value is -3.80. The van der Waals surface area contributed by atoms with E-state index in [0.717, 1.165) is 22.2 Å².